The minimum absolute atomic E-state index is 0.209. The maximum absolute atomic E-state index is 11.5. The van der Waals surface area contributed by atoms with Crippen molar-refractivity contribution in [2.75, 3.05) is 0 Å². The third kappa shape index (κ3) is 1.30. The first-order chi connectivity index (χ1) is 7.84. The highest BCUT2D eigenvalue weighted by atomic mass is 16.1. The molecule has 0 amide bonds. The molecule has 5 nitrogen and oxygen atoms in total. The van der Waals surface area contributed by atoms with Crippen LogP contribution in [0.2, 0.25) is 0 Å². The van der Waals surface area contributed by atoms with Crippen molar-refractivity contribution >= 4 is 11.2 Å². The maximum atomic E-state index is 11.5. The van der Waals surface area contributed by atoms with Crippen LogP contribution >= 0.6 is 0 Å². The van der Waals surface area contributed by atoms with E-state index in [0.717, 1.165) is 5.56 Å². The third-order valence-corrected chi connectivity index (χ3v) is 2.34. The highest BCUT2D eigenvalue weighted by molar-refractivity contribution is 5.74. The summed E-state index contributed by atoms with van der Waals surface area (Å²) in [6.07, 6.45) is 1.35. The smallest absolute Gasteiger partial charge is 0.276 e. The lowest BCUT2D eigenvalue weighted by atomic mass is 10.2. The van der Waals surface area contributed by atoms with Crippen molar-refractivity contribution < 1.29 is 0 Å². The minimum Gasteiger partial charge on any atom is -0.332 e. The molecule has 0 aliphatic rings. The summed E-state index contributed by atoms with van der Waals surface area (Å²) in [5.74, 6) is 0.653. The van der Waals surface area contributed by atoms with Crippen molar-refractivity contribution in [3.63, 3.8) is 0 Å². The summed E-state index contributed by atoms with van der Waals surface area (Å²) >= 11 is 0. The van der Waals surface area contributed by atoms with Gasteiger partial charge < -0.3 is 9.97 Å². The van der Waals surface area contributed by atoms with E-state index in [1.54, 1.807) is 0 Å². The second-order valence-electron chi connectivity index (χ2n) is 3.38. The first kappa shape index (κ1) is 8.84. The fourth-order valence-corrected chi connectivity index (χ4v) is 1.57. The van der Waals surface area contributed by atoms with Crippen molar-refractivity contribution in [1.82, 2.24) is 19.9 Å². The molecule has 0 bridgehead atoms. The van der Waals surface area contributed by atoms with Crippen LogP contribution in [0, 0.1) is 0 Å². The molecular formula is C11H8N4O. The predicted octanol–water partition coefficient (Wildman–Crippen LogP) is 1.31. The molecule has 0 spiro atoms. The third-order valence-electron chi connectivity index (χ3n) is 2.34. The van der Waals surface area contributed by atoms with Gasteiger partial charge in [0.05, 0.1) is 6.33 Å². The summed E-state index contributed by atoms with van der Waals surface area (Å²) in [7, 11) is 0. The summed E-state index contributed by atoms with van der Waals surface area (Å²) < 4.78 is 0. The highest BCUT2D eigenvalue weighted by Crippen LogP contribution is 2.16. The van der Waals surface area contributed by atoms with Gasteiger partial charge in [-0.15, -0.1) is 0 Å². The van der Waals surface area contributed by atoms with Gasteiger partial charge in [0.1, 0.15) is 5.82 Å². The van der Waals surface area contributed by atoms with Gasteiger partial charge in [0, 0.05) is 5.56 Å². The Morgan fingerprint density at radius 3 is 2.69 bits per heavy atom. The van der Waals surface area contributed by atoms with Gasteiger partial charge >= 0.3 is 0 Å². The van der Waals surface area contributed by atoms with Crippen LogP contribution in [0.15, 0.2) is 41.5 Å². The van der Waals surface area contributed by atoms with Crippen molar-refractivity contribution in [3.05, 3.63) is 47.0 Å². The molecule has 5 heteroatoms. The van der Waals surface area contributed by atoms with E-state index in [1.165, 1.54) is 6.33 Å². The number of hydrogen-bond acceptors (Lipinski definition) is 3. The van der Waals surface area contributed by atoms with Crippen molar-refractivity contribution in [3.8, 4) is 11.4 Å². The van der Waals surface area contributed by atoms with E-state index >= 15 is 0 Å². The Labute approximate surface area is 90.2 Å². The van der Waals surface area contributed by atoms with Gasteiger partial charge in [-0.05, 0) is 0 Å². The van der Waals surface area contributed by atoms with E-state index in [1.807, 2.05) is 30.3 Å². The number of rotatable bonds is 1. The molecule has 0 aliphatic carbocycles. The molecule has 0 saturated heterocycles. The van der Waals surface area contributed by atoms with Gasteiger partial charge in [-0.3, -0.25) is 4.79 Å². The topological polar surface area (TPSA) is 74.4 Å². The number of fused-ring (bicyclic) bond motifs is 1. The Bertz CT molecular complexity index is 684. The molecule has 0 saturated carbocycles. The monoisotopic (exact) mass is 212 g/mol. The number of nitrogens with one attached hydrogen (secondary N) is 2. The number of aromatic nitrogens is 4. The van der Waals surface area contributed by atoms with E-state index in [4.69, 9.17) is 0 Å². The summed E-state index contributed by atoms with van der Waals surface area (Å²) in [6.45, 7) is 0. The summed E-state index contributed by atoms with van der Waals surface area (Å²) in [6, 6.07) is 9.61. The average Bonchev–Trinajstić information content (AvgIpc) is 2.76. The average molecular weight is 212 g/mol. The van der Waals surface area contributed by atoms with Crippen molar-refractivity contribution in [2.24, 2.45) is 0 Å². The lowest BCUT2D eigenvalue weighted by Gasteiger charge is -1.92. The first-order valence-electron chi connectivity index (χ1n) is 4.83. The van der Waals surface area contributed by atoms with E-state index in [2.05, 4.69) is 19.9 Å². The quantitative estimate of drug-likeness (QED) is 0.638. The van der Waals surface area contributed by atoms with Gasteiger partial charge in [0.2, 0.25) is 0 Å². The van der Waals surface area contributed by atoms with Gasteiger partial charge in [-0.25, -0.2) is 9.97 Å². The Kier molecular flexibility index (Phi) is 1.83. The molecule has 0 atom stereocenters. The second kappa shape index (κ2) is 3.30. The molecule has 2 aromatic heterocycles. The lowest BCUT2D eigenvalue weighted by molar-refractivity contribution is 1.15. The van der Waals surface area contributed by atoms with Crippen molar-refractivity contribution in [2.45, 2.75) is 0 Å². The highest BCUT2D eigenvalue weighted by Gasteiger charge is 2.07. The molecule has 2 heterocycles. The number of hydrogen-bond donors (Lipinski definition) is 2. The van der Waals surface area contributed by atoms with Gasteiger partial charge in [0.25, 0.3) is 5.56 Å². The molecule has 16 heavy (non-hydrogen) atoms. The van der Waals surface area contributed by atoms with Crippen LogP contribution < -0.4 is 5.56 Å². The molecule has 0 unspecified atom stereocenters. The second-order valence-corrected chi connectivity index (χ2v) is 3.38. The van der Waals surface area contributed by atoms with Crippen LogP contribution in [0.25, 0.3) is 22.6 Å². The van der Waals surface area contributed by atoms with Crippen LogP contribution in [0.5, 0.6) is 0 Å². The van der Waals surface area contributed by atoms with E-state index < -0.39 is 0 Å². The fraction of sp³-hybridized carbons (Fsp3) is 0. The summed E-state index contributed by atoms with van der Waals surface area (Å²) in [5.41, 5.74) is 1.56. The zero-order valence-electron chi connectivity index (χ0n) is 8.27. The molecule has 3 aromatic rings. The zero-order valence-corrected chi connectivity index (χ0v) is 8.27. The van der Waals surface area contributed by atoms with Crippen LogP contribution in [-0.4, -0.2) is 19.9 Å². The Morgan fingerprint density at radius 2 is 1.94 bits per heavy atom. The van der Waals surface area contributed by atoms with E-state index in [-0.39, 0.29) is 5.56 Å². The standard InChI is InChI=1S/C11H8N4O/c16-11-8-10(12-6-13-11)15-9(14-8)7-4-2-1-3-5-7/h1-6H,(H2,12,13,14,15,16). The number of benzene rings is 1. The molecule has 78 valence electrons. The minimum atomic E-state index is -0.209. The van der Waals surface area contributed by atoms with Crippen LogP contribution in [0.3, 0.4) is 0 Å². The van der Waals surface area contributed by atoms with Gasteiger partial charge in [0.15, 0.2) is 11.2 Å². The normalized spacial score (nSPS) is 10.8. The summed E-state index contributed by atoms with van der Waals surface area (Å²) in [5, 5.41) is 0. The fourth-order valence-electron chi connectivity index (χ4n) is 1.57. The molecule has 2 N–H and O–H groups in total. The molecule has 0 fully saturated rings. The molecule has 1 aromatic carbocycles. The number of aromatic amines is 2. The molecule has 0 radical (unpaired) electrons. The first-order valence-corrected chi connectivity index (χ1v) is 4.83. The zero-order chi connectivity index (χ0) is 11.0. The Hall–Kier alpha value is -2.43. The maximum Gasteiger partial charge on any atom is 0.276 e. The van der Waals surface area contributed by atoms with Gasteiger partial charge in [-0.2, -0.15) is 0 Å². The van der Waals surface area contributed by atoms with Crippen LogP contribution in [-0.2, 0) is 0 Å². The number of imidazole rings is 1. The lowest BCUT2D eigenvalue weighted by Crippen LogP contribution is -2.05. The molecule has 0 aliphatic heterocycles. The predicted molar refractivity (Wildman–Crippen MR) is 59.9 cm³/mol. The van der Waals surface area contributed by atoms with E-state index in [9.17, 15) is 4.79 Å². The SMILES string of the molecule is O=c1[nH]cnc2nc(-c3ccccc3)[nH]c12. The largest absolute Gasteiger partial charge is 0.332 e. The molecule has 3 rings (SSSR count). The summed E-state index contributed by atoms with van der Waals surface area (Å²) in [4.78, 5) is 25.2. The Morgan fingerprint density at radius 1 is 1.12 bits per heavy atom. The van der Waals surface area contributed by atoms with Crippen LogP contribution in [0.1, 0.15) is 0 Å². The molecular weight excluding hydrogens is 204 g/mol. The van der Waals surface area contributed by atoms with E-state index in [0.29, 0.717) is 17.0 Å². The number of H-pyrrole nitrogens is 2. The Balaban J connectivity index is 2.28. The number of nitrogens with zero attached hydrogens (tertiary/aromatic N) is 2. The van der Waals surface area contributed by atoms with Crippen LogP contribution in [0.4, 0.5) is 0 Å². The van der Waals surface area contributed by atoms with Gasteiger partial charge in [-0.1, -0.05) is 30.3 Å². The van der Waals surface area contributed by atoms with Crippen molar-refractivity contribution in [1.29, 1.82) is 0 Å².